The smallest absolute Gasteiger partial charge is 0.328 e. The van der Waals surface area contributed by atoms with Crippen LogP contribution < -0.4 is 10.6 Å². The summed E-state index contributed by atoms with van der Waals surface area (Å²) in [6.45, 7) is 3.81. The second kappa shape index (κ2) is 10.8. The SMILES string of the molecule is C=CCc1cccc(C2C3=CCC4C(=O)N(C(N)=O)C(=O)C4C3CC3C(=O)N(c4cccc(Cl)c4)C(=O)C32c2ccccc2)c1O. The van der Waals surface area contributed by atoms with Gasteiger partial charge in [-0.05, 0) is 54.5 Å². The molecule has 7 rings (SSSR count). The summed E-state index contributed by atoms with van der Waals surface area (Å²) in [4.78, 5) is 70.8. The van der Waals surface area contributed by atoms with Gasteiger partial charge < -0.3 is 10.8 Å². The van der Waals surface area contributed by atoms with Crippen LogP contribution in [0.3, 0.4) is 0 Å². The first kappa shape index (κ1) is 29.7. The number of hydrogen-bond acceptors (Lipinski definition) is 6. The van der Waals surface area contributed by atoms with Crippen LogP contribution in [0.5, 0.6) is 5.75 Å². The van der Waals surface area contributed by atoms with Crippen molar-refractivity contribution in [2.45, 2.75) is 30.6 Å². The lowest BCUT2D eigenvalue weighted by atomic mass is 9.49. The minimum atomic E-state index is -1.53. The molecule has 9 nitrogen and oxygen atoms in total. The molecule has 2 aliphatic heterocycles. The molecule has 10 heteroatoms. The Kier molecular flexibility index (Phi) is 6.97. The lowest BCUT2D eigenvalue weighted by Gasteiger charge is -2.50. The van der Waals surface area contributed by atoms with Crippen LogP contribution in [0.2, 0.25) is 5.02 Å². The van der Waals surface area contributed by atoms with Crippen molar-refractivity contribution in [3.63, 3.8) is 0 Å². The van der Waals surface area contributed by atoms with E-state index < -0.39 is 64.7 Å². The zero-order chi connectivity index (χ0) is 32.5. The van der Waals surface area contributed by atoms with E-state index in [0.717, 1.165) is 4.90 Å². The van der Waals surface area contributed by atoms with Gasteiger partial charge in [0, 0.05) is 16.5 Å². The highest BCUT2D eigenvalue weighted by atomic mass is 35.5. The van der Waals surface area contributed by atoms with E-state index in [2.05, 4.69) is 6.58 Å². The Labute approximate surface area is 269 Å². The Bertz CT molecular complexity index is 1890. The number of phenolic OH excluding ortho intramolecular Hbond substituents is 1. The first-order valence-corrected chi connectivity index (χ1v) is 15.5. The summed E-state index contributed by atoms with van der Waals surface area (Å²) in [7, 11) is 0. The van der Waals surface area contributed by atoms with E-state index in [1.165, 1.54) is 0 Å². The molecule has 0 bridgehead atoms. The molecule has 1 saturated carbocycles. The molecular formula is C36H30ClN3O6. The van der Waals surface area contributed by atoms with Crippen LogP contribution in [0.1, 0.15) is 35.4 Å². The van der Waals surface area contributed by atoms with Gasteiger partial charge in [0.05, 0.1) is 28.9 Å². The third-order valence-electron chi connectivity index (χ3n) is 10.2. The monoisotopic (exact) mass is 635 g/mol. The highest BCUT2D eigenvalue weighted by molar-refractivity contribution is 6.32. The number of benzene rings is 3. The second-order valence-corrected chi connectivity index (χ2v) is 12.7. The summed E-state index contributed by atoms with van der Waals surface area (Å²) < 4.78 is 0. The summed E-state index contributed by atoms with van der Waals surface area (Å²) in [5.74, 6) is -6.78. The number of nitrogens with zero attached hydrogens (tertiary/aromatic N) is 2. The van der Waals surface area contributed by atoms with E-state index >= 15 is 4.79 Å². The lowest BCUT2D eigenvalue weighted by molar-refractivity contribution is -0.136. The average molecular weight is 636 g/mol. The number of anilines is 1. The van der Waals surface area contributed by atoms with Gasteiger partial charge in [-0.25, -0.2) is 9.69 Å². The predicted molar refractivity (Wildman–Crippen MR) is 170 cm³/mol. The molecule has 2 heterocycles. The standard InChI is InChI=1S/C36H30ClN3O6/c1-2-8-19-9-6-14-25(30(19)41)29-23-15-16-24-28(33(44)40(31(24)42)35(38)46)26(23)18-27-32(43)39(22-13-7-12-21(37)17-22)34(45)36(27,29)20-10-4-3-5-11-20/h2-7,9-15,17,24,26-29,41H,1,8,16,18H2,(H2,38,46). The maximum absolute atomic E-state index is 15.2. The number of urea groups is 1. The number of rotatable bonds is 5. The number of phenols is 1. The van der Waals surface area contributed by atoms with Crippen LogP contribution in [0.25, 0.3) is 0 Å². The number of halogens is 1. The minimum Gasteiger partial charge on any atom is -0.507 e. The van der Waals surface area contributed by atoms with E-state index in [0.29, 0.717) is 44.3 Å². The molecular weight excluding hydrogens is 606 g/mol. The fourth-order valence-electron chi connectivity index (χ4n) is 8.47. The average Bonchev–Trinajstić information content (AvgIpc) is 3.43. The number of nitrogens with two attached hydrogens (primary N) is 1. The second-order valence-electron chi connectivity index (χ2n) is 12.3. The zero-order valence-corrected chi connectivity index (χ0v) is 25.4. The Balaban J connectivity index is 1.53. The first-order chi connectivity index (χ1) is 22.1. The van der Waals surface area contributed by atoms with Crippen molar-refractivity contribution in [2.75, 3.05) is 4.90 Å². The number of primary amides is 1. The van der Waals surface area contributed by atoms with Gasteiger partial charge in [0.2, 0.25) is 23.6 Å². The van der Waals surface area contributed by atoms with Gasteiger partial charge in [0.25, 0.3) is 0 Å². The van der Waals surface area contributed by atoms with Crippen LogP contribution in [0.4, 0.5) is 10.5 Å². The van der Waals surface area contributed by atoms with Crippen molar-refractivity contribution < 1.29 is 29.1 Å². The van der Waals surface area contributed by atoms with Gasteiger partial charge in [-0.2, -0.15) is 4.90 Å². The molecule has 0 aromatic heterocycles. The van der Waals surface area contributed by atoms with Gasteiger partial charge >= 0.3 is 6.03 Å². The van der Waals surface area contributed by atoms with Crippen molar-refractivity contribution in [1.29, 1.82) is 0 Å². The number of fused-ring (bicyclic) bond motifs is 4. The highest BCUT2D eigenvalue weighted by Crippen LogP contribution is 2.65. The molecule has 2 saturated heterocycles. The van der Waals surface area contributed by atoms with Crippen molar-refractivity contribution >= 4 is 46.9 Å². The molecule has 2 aliphatic carbocycles. The van der Waals surface area contributed by atoms with Gasteiger partial charge in [0.1, 0.15) is 5.75 Å². The fraction of sp³-hybridized carbons (Fsp3) is 0.250. The number of carbonyl (C=O) groups excluding carboxylic acids is 5. The first-order valence-electron chi connectivity index (χ1n) is 15.1. The number of amides is 6. The lowest BCUT2D eigenvalue weighted by Crippen LogP contribution is -2.53. The maximum atomic E-state index is 15.2. The molecule has 3 aromatic carbocycles. The topological polar surface area (TPSA) is 138 Å². The highest BCUT2D eigenvalue weighted by Gasteiger charge is 2.70. The van der Waals surface area contributed by atoms with E-state index in [1.807, 2.05) is 24.3 Å². The Hall–Kier alpha value is -5.02. The summed E-state index contributed by atoms with van der Waals surface area (Å²) in [5.41, 5.74) is 6.48. The molecule has 0 spiro atoms. The number of hydrogen-bond donors (Lipinski definition) is 2. The molecule has 6 unspecified atom stereocenters. The van der Waals surface area contributed by atoms with Crippen molar-refractivity contribution in [3.05, 3.63) is 119 Å². The van der Waals surface area contributed by atoms with E-state index in [-0.39, 0.29) is 18.6 Å². The van der Waals surface area contributed by atoms with Crippen LogP contribution in [0, 0.1) is 23.7 Å². The molecule has 3 N–H and O–H groups in total. The molecule has 3 fully saturated rings. The number of aromatic hydroxyl groups is 1. The largest absolute Gasteiger partial charge is 0.507 e. The summed E-state index contributed by atoms with van der Waals surface area (Å²) in [6, 6.07) is 19.7. The van der Waals surface area contributed by atoms with Gasteiger partial charge in [0.15, 0.2) is 0 Å². The van der Waals surface area contributed by atoms with Crippen molar-refractivity contribution in [1.82, 2.24) is 4.90 Å². The molecule has 0 radical (unpaired) electrons. The molecule has 232 valence electrons. The normalized spacial score (nSPS) is 28.5. The van der Waals surface area contributed by atoms with Crippen molar-refractivity contribution in [3.8, 4) is 5.75 Å². The minimum absolute atomic E-state index is 0.0424. The fourth-order valence-corrected chi connectivity index (χ4v) is 8.65. The third-order valence-corrected chi connectivity index (χ3v) is 10.4. The van der Waals surface area contributed by atoms with Crippen molar-refractivity contribution in [2.24, 2.45) is 29.4 Å². The van der Waals surface area contributed by atoms with Gasteiger partial charge in [-0.15, -0.1) is 6.58 Å². The van der Waals surface area contributed by atoms with Crippen LogP contribution >= 0.6 is 11.6 Å². The molecule has 6 amide bonds. The van der Waals surface area contributed by atoms with E-state index in [9.17, 15) is 24.3 Å². The van der Waals surface area contributed by atoms with Crippen LogP contribution in [0.15, 0.2) is 97.1 Å². The Morgan fingerprint density at radius 3 is 2.41 bits per heavy atom. The maximum Gasteiger partial charge on any atom is 0.328 e. The number of likely N-dealkylation sites (tertiary alicyclic amines) is 1. The summed E-state index contributed by atoms with van der Waals surface area (Å²) in [5, 5.41) is 12.2. The molecule has 46 heavy (non-hydrogen) atoms. The number of imide groups is 4. The molecule has 6 atom stereocenters. The Morgan fingerprint density at radius 2 is 1.72 bits per heavy atom. The van der Waals surface area contributed by atoms with E-state index in [1.54, 1.807) is 60.7 Å². The zero-order valence-electron chi connectivity index (χ0n) is 24.6. The van der Waals surface area contributed by atoms with Crippen LogP contribution in [-0.2, 0) is 31.0 Å². The summed E-state index contributed by atoms with van der Waals surface area (Å²) >= 11 is 6.33. The van der Waals surface area contributed by atoms with Gasteiger partial charge in [-0.1, -0.05) is 83.9 Å². The number of carbonyl (C=O) groups is 5. The molecule has 3 aromatic rings. The summed E-state index contributed by atoms with van der Waals surface area (Å²) in [6.07, 6.45) is 4.05. The predicted octanol–water partition coefficient (Wildman–Crippen LogP) is 5.02. The number of para-hydroxylation sites is 1. The van der Waals surface area contributed by atoms with Crippen LogP contribution in [-0.4, -0.2) is 39.7 Å². The van der Waals surface area contributed by atoms with Gasteiger partial charge in [-0.3, -0.25) is 19.2 Å². The third kappa shape index (κ3) is 3.97. The molecule has 4 aliphatic rings. The van der Waals surface area contributed by atoms with E-state index in [4.69, 9.17) is 17.3 Å². The quantitative estimate of drug-likeness (QED) is 0.298. The number of allylic oxidation sites excluding steroid dienone is 3. The Morgan fingerprint density at radius 1 is 0.978 bits per heavy atom.